The number of rotatable bonds is 2. The average Bonchev–Trinajstić information content (AvgIpc) is 2.06. The molecule has 0 spiro atoms. The lowest BCUT2D eigenvalue weighted by molar-refractivity contribution is -0.131. The number of carboxylic acids is 1. The van der Waals surface area contributed by atoms with Crippen molar-refractivity contribution in [3.63, 3.8) is 0 Å². The van der Waals surface area contributed by atoms with Crippen LogP contribution in [-0.2, 0) is 4.79 Å². The van der Waals surface area contributed by atoms with Crippen molar-refractivity contribution >= 4 is 23.6 Å². The van der Waals surface area contributed by atoms with E-state index in [-0.39, 0.29) is 5.75 Å². The molecule has 1 aromatic rings. The first-order chi connectivity index (χ1) is 6.09. The molecular formula is C9H7ClO3. The number of hydrogen-bond donors (Lipinski definition) is 2. The summed E-state index contributed by atoms with van der Waals surface area (Å²) in [5, 5.41) is 18.0. The van der Waals surface area contributed by atoms with Gasteiger partial charge < -0.3 is 10.2 Å². The van der Waals surface area contributed by atoms with Gasteiger partial charge in [-0.2, -0.15) is 0 Å². The number of carbonyl (C=O) groups is 1. The summed E-state index contributed by atoms with van der Waals surface area (Å²) in [6.45, 7) is 0. The minimum absolute atomic E-state index is 0.00176. The summed E-state index contributed by atoms with van der Waals surface area (Å²) in [7, 11) is 0. The normalized spacial score (nSPS) is 10.5. The lowest BCUT2D eigenvalue weighted by atomic mass is 10.2. The predicted octanol–water partition coefficient (Wildman–Crippen LogP) is 2.14. The zero-order valence-electron chi connectivity index (χ0n) is 6.57. The molecular weight excluding hydrogens is 192 g/mol. The van der Waals surface area contributed by atoms with Crippen molar-refractivity contribution in [3.8, 4) is 5.75 Å². The Kier molecular flexibility index (Phi) is 2.93. The number of phenols is 1. The quantitative estimate of drug-likeness (QED) is 0.716. The summed E-state index contributed by atoms with van der Waals surface area (Å²) < 4.78 is 0. The molecule has 0 aliphatic heterocycles. The summed E-state index contributed by atoms with van der Waals surface area (Å²) in [6.07, 6.45) is 2.22. The first-order valence-electron chi connectivity index (χ1n) is 3.49. The first kappa shape index (κ1) is 9.61. The van der Waals surface area contributed by atoms with Crippen molar-refractivity contribution in [1.29, 1.82) is 0 Å². The van der Waals surface area contributed by atoms with Gasteiger partial charge in [-0.25, -0.2) is 4.79 Å². The van der Waals surface area contributed by atoms with Gasteiger partial charge in [0.25, 0.3) is 0 Å². The molecule has 1 rings (SSSR count). The average molecular weight is 199 g/mol. The topological polar surface area (TPSA) is 57.5 Å². The number of hydrogen-bond acceptors (Lipinski definition) is 2. The molecule has 0 saturated heterocycles. The molecule has 0 amide bonds. The van der Waals surface area contributed by atoms with Crippen LogP contribution in [0.15, 0.2) is 24.3 Å². The second-order valence-electron chi connectivity index (χ2n) is 2.37. The first-order valence-corrected chi connectivity index (χ1v) is 3.87. The smallest absolute Gasteiger partial charge is 0.328 e. The van der Waals surface area contributed by atoms with Gasteiger partial charge in [-0.1, -0.05) is 11.6 Å². The minimum Gasteiger partial charge on any atom is -0.507 e. The highest BCUT2D eigenvalue weighted by molar-refractivity contribution is 6.30. The van der Waals surface area contributed by atoms with E-state index in [1.54, 1.807) is 0 Å². The SMILES string of the molecule is O=C(O)C=Cc1cc(Cl)ccc1O. The number of phenolic OH excluding ortho intramolecular Hbond substituents is 1. The Labute approximate surface area is 79.9 Å². The molecule has 0 aliphatic rings. The molecule has 0 radical (unpaired) electrons. The zero-order valence-corrected chi connectivity index (χ0v) is 7.32. The van der Waals surface area contributed by atoms with Crippen LogP contribution in [0.5, 0.6) is 5.75 Å². The Bertz CT molecular complexity index is 358. The summed E-state index contributed by atoms with van der Waals surface area (Å²) >= 11 is 5.64. The molecule has 2 N–H and O–H groups in total. The van der Waals surface area contributed by atoms with E-state index in [4.69, 9.17) is 16.7 Å². The van der Waals surface area contributed by atoms with E-state index in [0.717, 1.165) is 6.08 Å². The molecule has 0 bridgehead atoms. The van der Waals surface area contributed by atoms with Crippen LogP contribution in [0.25, 0.3) is 6.08 Å². The van der Waals surface area contributed by atoms with Crippen molar-refractivity contribution in [2.45, 2.75) is 0 Å². The van der Waals surface area contributed by atoms with E-state index in [1.807, 2.05) is 0 Å². The molecule has 68 valence electrons. The van der Waals surface area contributed by atoms with Crippen LogP contribution < -0.4 is 0 Å². The van der Waals surface area contributed by atoms with Crippen LogP contribution in [0.2, 0.25) is 5.02 Å². The maximum absolute atomic E-state index is 10.2. The summed E-state index contributed by atoms with van der Waals surface area (Å²) in [5.41, 5.74) is 0.384. The fraction of sp³-hybridized carbons (Fsp3) is 0. The number of benzene rings is 1. The molecule has 1 aromatic carbocycles. The highest BCUT2D eigenvalue weighted by Crippen LogP contribution is 2.22. The van der Waals surface area contributed by atoms with Gasteiger partial charge in [0.2, 0.25) is 0 Å². The predicted molar refractivity (Wildman–Crippen MR) is 49.8 cm³/mol. The molecule has 3 nitrogen and oxygen atoms in total. The maximum atomic E-state index is 10.2. The Morgan fingerprint density at radius 1 is 1.46 bits per heavy atom. The van der Waals surface area contributed by atoms with Gasteiger partial charge in [0, 0.05) is 16.7 Å². The molecule has 0 aromatic heterocycles. The molecule has 0 heterocycles. The van der Waals surface area contributed by atoms with Gasteiger partial charge in [-0.05, 0) is 24.3 Å². The highest BCUT2D eigenvalue weighted by Gasteiger charge is 1.98. The van der Waals surface area contributed by atoms with Crippen LogP contribution >= 0.6 is 11.6 Å². The molecule has 0 atom stereocenters. The van der Waals surface area contributed by atoms with Gasteiger partial charge in [-0.15, -0.1) is 0 Å². The van der Waals surface area contributed by atoms with E-state index in [2.05, 4.69) is 0 Å². The van der Waals surface area contributed by atoms with E-state index in [0.29, 0.717) is 10.6 Å². The third-order valence-corrected chi connectivity index (χ3v) is 1.63. The van der Waals surface area contributed by atoms with Crippen LogP contribution in [-0.4, -0.2) is 16.2 Å². The second-order valence-corrected chi connectivity index (χ2v) is 2.81. The van der Waals surface area contributed by atoms with E-state index >= 15 is 0 Å². The van der Waals surface area contributed by atoms with Crippen molar-refractivity contribution in [3.05, 3.63) is 34.9 Å². The molecule has 0 fully saturated rings. The van der Waals surface area contributed by atoms with E-state index < -0.39 is 5.97 Å². The number of aromatic hydroxyl groups is 1. The third-order valence-electron chi connectivity index (χ3n) is 1.40. The Balaban J connectivity index is 3.00. The largest absolute Gasteiger partial charge is 0.507 e. The summed E-state index contributed by atoms with van der Waals surface area (Å²) in [6, 6.07) is 4.41. The van der Waals surface area contributed by atoms with Crippen molar-refractivity contribution < 1.29 is 15.0 Å². The van der Waals surface area contributed by atoms with Gasteiger partial charge in [-0.3, -0.25) is 0 Å². The lowest BCUT2D eigenvalue weighted by Crippen LogP contribution is -1.85. The van der Waals surface area contributed by atoms with Crippen molar-refractivity contribution in [1.82, 2.24) is 0 Å². The molecule has 0 aliphatic carbocycles. The molecule has 4 heteroatoms. The Hall–Kier alpha value is -1.48. The standard InChI is InChI=1S/C9H7ClO3/c10-7-2-3-8(11)6(5-7)1-4-9(12)13/h1-5,11H,(H,12,13). The van der Waals surface area contributed by atoms with Crippen LogP contribution in [0.4, 0.5) is 0 Å². The third kappa shape index (κ3) is 2.80. The zero-order chi connectivity index (χ0) is 9.84. The molecule has 0 unspecified atom stereocenters. The van der Waals surface area contributed by atoms with Gasteiger partial charge in [0.05, 0.1) is 0 Å². The summed E-state index contributed by atoms with van der Waals surface area (Å²) in [5.74, 6) is -1.07. The van der Waals surface area contributed by atoms with Crippen LogP contribution in [0, 0.1) is 0 Å². The minimum atomic E-state index is -1.07. The lowest BCUT2D eigenvalue weighted by Gasteiger charge is -1.98. The van der Waals surface area contributed by atoms with Crippen LogP contribution in [0.1, 0.15) is 5.56 Å². The fourth-order valence-corrected chi connectivity index (χ4v) is 1.00. The summed E-state index contributed by atoms with van der Waals surface area (Å²) in [4.78, 5) is 10.2. The molecule has 0 saturated carbocycles. The van der Waals surface area contributed by atoms with Gasteiger partial charge in [0.1, 0.15) is 5.75 Å². The Morgan fingerprint density at radius 3 is 2.77 bits per heavy atom. The van der Waals surface area contributed by atoms with Crippen molar-refractivity contribution in [2.24, 2.45) is 0 Å². The number of carboxylic acid groups (broad SMARTS) is 1. The number of halogens is 1. The number of aliphatic carboxylic acids is 1. The maximum Gasteiger partial charge on any atom is 0.328 e. The van der Waals surface area contributed by atoms with E-state index in [1.165, 1.54) is 24.3 Å². The van der Waals surface area contributed by atoms with Gasteiger partial charge in [0.15, 0.2) is 0 Å². The van der Waals surface area contributed by atoms with Gasteiger partial charge >= 0.3 is 5.97 Å². The van der Waals surface area contributed by atoms with Crippen molar-refractivity contribution in [2.75, 3.05) is 0 Å². The second kappa shape index (κ2) is 3.96. The van der Waals surface area contributed by atoms with E-state index in [9.17, 15) is 9.90 Å². The monoisotopic (exact) mass is 198 g/mol. The van der Waals surface area contributed by atoms with Crippen LogP contribution in [0.3, 0.4) is 0 Å². The fourth-order valence-electron chi connectivity index (χ4n) is 0.820. The highest BCUT2D eigenvalue weighted by atomic mass is 35.5. The molecule has 13 heavy (non-hydrogen) atoms. The Morgan fingerprint density at radius 2 is 2.15 bits per heavy atom.